The molecule has 7 aromatic rings. The lowest BCUT2D eigenvalue weighted by Crippen LogP contribution is -2.35. The van der Waals surface area contributed by atoms with Gasteiger partial charge in [0.2, 0.25) is 0 Å². The van der Waals surface area contributed by atoms with Crippen LogP contribution in [0.5, 0.6) is 0 Å². The molecule has 0 amide bonds. The van der Waals surface area contributed by atoms with Crippen LogP contribution in [-0.4, -0.2) is 0 Å². The maximum atomic E-state index is 2.47. The van der Waals surface area contributed by atoms with E-state index in [4.69, 9.17) is 0 Å². The van der Waals surface area contributed by atoms with E-state index in [2.05, 4.69) is 182 Å². The van der Waals surface area contributed by atoms with Crippen molar-refractivity contribution >= 4 is 33.1 Å². The van der Waals surface area contributed by atoms with Crippen LogP contribution in [0.15, 0.2) is 176 Å². The molecule has 0 nitrogen and oxygen atoms in total. The summed E-state index contributed by atoms with van der Waals surface area (Å²) in [6.45, 7) is 0. The van der Waals surface area contributed by atoms with E-state index in [9.17, 15) is 0 Å². The van der Waals surface area contributed by atoms with Gasteiger partial charge < -0.3 is 0 Å². The lowest BCUT2D eigenvalue weighted by atomic mass is 9.63. The molecule has 0 saturated heterocycles. The standard InChI is InChI=1S/C49H36S/c1-4-14-33(15-5-1)36-26-29-47-43(30-36)44-32-37(34-16-6-2-7-17-34)31-42(48(44)50-47)35-24-27-39(28-25-35)49(38-18-8-3-9-19-38)45-22-12-10-20-40(45)41-21-11-13-23-46(41)49/h1-25,27-28,30-32,40,45H,26,29H2. The molecule has 0 aliphatic heterocycles. The highest BCUT2D eigenvalue weighted by atomic mass is 32.1. The third kappa shape index (κ3) is 4.50. The Morgan fingerprint density at radius 3 is 1.98 bits per heavy atom. The Kier molecular flexibility index (Phi) is 6.96. The van der Waals surface area contributed by atoms with Gasteiger partial charge in [0.1, 0.15) is 0 Å². The van der Waals surface area contributed by atoms with Gasteiger partial charge in [-0.2, -0.15) is 0 Å². The third-order valence-electron chi connectivity index (χ3n) is 11.4. The second kappa shape index (κ2) is 11.8. The molecule has 1 heterocycles. The molecule has 3 aliphatic carbocycles. The van der Waals surface area contributed by atoms with Gasteiger partial charge in [-0.3, -0.25) is 0 Å². The van der Waals surface area contributed by atoms with Gasteiger partial charge in [0.05, 0.1) is 5.41 Å². The average Bonchev–Trinajstić information content (AvgIpc) is 3.72. The van der Waals surface area contributed by atoms with Gasteiger partial charge in [-0.15, -0.1) is 11.3 Å². The van der Waals surface area contributed by atoms with Gasteiger partial charge in [-0.05, 0) is 86.7 Å². The van der Waals surface area contributed by atoms with Crippen molar-refractivity contribution in [1.29, 1.82) is 0 Å². The first kappa shape index (κ1) is 29.4. The van der Waals surface area contributed by atoms with E-state index >= 15 is 0 Å². The number of thiophene rings is 1. The van der Waals surface area contributed by atoms with E-state index < -0.39 is 0 Å². The summed E-state index contributed by atoms with van der Waals surface area (Å²) in [5.41, 5.74) is 14.6. The molecule has 3 atom stereocenters. The number of aryl methyl sites for hydroxylation is 1. The van der Waals surface area contributed by atoms with E-state index in [1.807, 2.05) is 11.3 Å². The van der Waals surface area contributed by atoms with Crippen LogP contribution in [0.25, 0.3) is 44.0 Å². The van der Waals surface area contributed by atoms with Crippen molar-refractivity contribution in [3.05, 3.63) is 214 Å². The molecule has 3 unspecified atom stereocenters. The summed E-state index contributed by atoms with van der Waals surface area (Å²) in [6, 6.07) is 56.6. The molecular weight excluding hydrogens is 621 g/mol. The molecule has 0 saturated carbocycles. The molecule has 1 aromatic heterocycles. The highest BCUT2D eigenvalue weighted by molar-refractivity contribution is 7.20. The van der Waals surface area contributed by atoms with Gasteiger partial charge in [-0.1, -0.05) is 164 Å². The highest BCUT2D eigenvalue weighted by Gasteiger charge is 2.52. The number of benzene rings is 6. The summed E-state index contributed by atoms with van der Waals surface area (Å²) in [5, 5.41) is 1.37. The Bertz CT molecular complexity index is 2460. The molecule has 0 N–H and O–H groups in total. The summed E-state index contributed by atoms with van der Waals surface area (Å²) in [4.78, 5) is 1.50. The summed E-state index contributed by atoms with van der Waals surface area (Å²) >= 11 is 1.99. The summed E-state index contributed by atoms with van der Waals surface area (Å²) in [6.07, 6.45) is 14.0. The van der Waals surface area contributed by atoms with Crippen LogP contribution >= 0.6 is 11.3 Å². The highest BCUT2D eigenvalue weighted by Crippen LogP contribution is 2.59. The van der Waals surface area contributed by atoms with Crippen molar-refractivity contribution in [2.75, 3.05) is 0 Å². The SMILES string of the molecule is C1=CC2c3ccccc3C(c3ccccc3)(c3ccc(-c4cc(-c5ccccc5)cc5c6c(sc45)CCC(c4ccccc4)=C6)cc3)C2C=C1. The smallest absolute Gasteiger partial charge is 0.0525 e. The monoisotopic (exact) mass is 656 g/mol. The zero-order valence-corrected chi connectivity index (χ0v) is 28.6. The zero-order valence-electron chi connectivity index (χ0n) is 27.8. The Hall–Kier alpha value is -5.50. The maximum absolute atomic E-state index is 2.47. The molecule has 1 heteroatoms. The van der Waals surface area contributed by atoms with Crippen molar-refractivity contribution in [2.24, 2.45) is 5.92 Å². The van der Waals surface area contributed by atoms with Gasteiger partial charge in [0, 0.05) is 32.4 Å². The number of hydrogen-bond donors (Lipinski definition) is 0. The molecule has 238 valence electrons. The van der Waals surface area contributed by atoms with Crippen LogP contribution in [0.3, 0.4) is 0 Å². The molecule has 0 fully saturated rings. The van der Waals surface area contributed by atoms with Crippen LogP contribution in [0.2, 0.25) is 0 Å². The topological polar surface area (TPSA) is 0 Å². The molecule has 10 rings (SSSR count). The summed E-state index contributed by atoms with van der Waals surface area (Å²) in [5.74, 6) is 0.658. The molecule has 0 bridgehead atoms. The largest absolute Gasteiger partial charge is 0.139 e. The minimum atomic E-state index is -0.274. The minimum Gasteiger partial charge on any atom is -0.139 e. The van der Waals surface area contributed by atoms with Gasteiger partial charge in [0.15, 0.2) is 0 Å². The molecule has 6 aromatic carbocycles. The lowest BCUT2D eigenvalue weighted by Gasteiger charge is -2.39. The summed E-state index contributed by atoms with van der Waals surface area (Å²) in [7, 11) is 0. The fraction of sp³-hybridized carbons (Fsp3) is 0.102. The Balaban J connectivity index is 1.16. The Labute approximate surface area is 298 Å². The first-order valence-corrected chi connectivity index (χ1v) is 18.6. The number of rotatable bonds is 5. The van der Waals surface area contributed by atoms with E-state index in [-0.39, 0.29) is 5.41 Å². The molecule has 0 radical (unpaired) electrons. The first-order chi connectivity index (χ1) is 24.8. The van der Waals surface area contributed by atoms with Crippen LogP contribution in [0.4, 0.5) is 0 Å². The van der Waals surface area contributed by atoms with Gasteiger partial charge in [-0.25, -0.2) is 0 Å². The van der Waals surface area contributed by atoms with Crippen LogP contribution in [0, 0.1) is 5.92 Å². The van der Waals surface area contributed by atoms with E-state index in [0.29, 0.717) is 11.8 Å². The molecule has 0 spiro atoms. The zero-order chi connectivity index (χ0) is 33.1. The fourth-order valence-corrected chi connectivity index (χ4v) is 10.4. The third-order valence-corrected chi connectivity index (χ3v) is 12.7. The number of hydrogen-bond acceptors (Lipinski definition) is 1. The average molecular weight is 657 g/mol. The van der Waals surface area contributed by atoms with E-state index in [1.54, 1.807) is 0 Å². The van der Waals surface area contributed by atoms with Crippen molar-refractivity contribution < 1.29 is 0 Å². The van der Waals surface area contributed by atoms with E-state index in [1.165, 1.54) is 76.2 Å². The Morgan fingerprint density at radius 1 is 0.540 bits per heavy atom. The van der Waals surface area contributed by atoms with Crippen LogP contribution < -0.4 is 0 Å². The minimum absolute atomic E-state index is 0.274. The second-order valence-corrected chi connectivity index (χ2v) is 15.0. The normalized spacial score (nSPS) is 20.3. The number of fused-ring (bicyclic) bond motifs is 6. The van der Waals surface area contributed by atoms with Gasteiger partial charge in [0.25, 0.3) is 0 Å². The van der Waals surface area contributed by atoms with Crippen molar-refractivity contribution in [3.8, 4) is 22.3 Å². The van der Waals surface area contributed by atoms with Crippen LogP contribution in [-0.2, 0) is 11.8 Å². The van der Waals surface area contributed by atoms with Crippen molar-refractivity contribution in [3.63, 3.8) is 0 Å². The van der Waals surface area contributed by atoms with Crippen LogP contribution in [0.1, 0.15) is 50.6 Å². The van der Waals surface area contributed by atoms with Gasteiger partial charge >= 0.3 is 0 Å². The van der Waals surface area contributed by atoms with Crippen molar-refractivity contribution in [2.45, 2.75) is 24.2 Å². The molecule has 50 heavy (non-hydrogen) atoms. The first-order valence-electron chi connectivity index (χ1n) is 17.8. The fourth-order valence-electron chi connectivity index (χ4n) is 9.12. The Morgan fingerprint density at radius 2 is 1.20 bits per heavy atom. The predicted molar refractivity (Wildman–Crippen MR) is 213 cm³/mol. The maximum Gasteiger partial charge on any atom is 0.0525 e. The quantitative estimate of drug-likeness (QED) is 0.173. The van der Waals surface area contributed by atoms with E-state index in [0.717, 1.165) is 12.8 Å². The lowest BCUT2D eigenvalue weighted by molar-refractivity contribution is 0.457. The predicted octanol–water partition coefficient (Wildman–Crippen LogP) is 12.9. The molecule has 3 aliphatic rings. The second-order valence-electron chi connectivity index (χ2n) is 13.9. The summed E-state index contributed by atoms with van der Waals surface area (Å²) < 4.78 is 1.39. The number of allylic oxidation sites excluding steroid dienone is 5. The van der Waals surface area contributed by atoms with Crippen molar-refractivity contribution in [1.82, 2.24) is 0 Å². The molecular formula is C49H36S.